The minimum atomic E-state index is -1.31. The molecule has 78 valence electrons. The van der Waals surface area contributed by atoms with Crippen LogP contribution in [-0.4, -0.2) is 69.1 Å². The van der Waals surface area contributed by atoms with E-state index in [0.717, 1.165) is 0 Å². The van der Waals surface area contributed by atoms with Crippen LogP contribution in [-0.2, 0) is 0 Å². The van der Waals surface area contributed by atoms with E-state index in [1.54, 1.807) is 0 Å². The van der Waals surface area contributed by atoms with Crippen LogP contribution in [0, 0.1) is 0 Å². The lowest BCUT2D eigenvalue weighted by atomic mass is 9.91. The maximum atomic E-state index is 9.34. The normalized spacial score (nSPS) is 46.4. The number of hydrogen-bond donors (Lipinski definition) is 6. The van der Waals surface area contributed by atoms with Gasteiger partial charge in [-0.25, -0.2) is 0 Å². The number of quaternary nitrogens is 1. The van der Waals surface area contributed by atoms with E-state index < -0.39 is 30.4 Å². The van der Waals surface area contributed by atoms with Gasteiger partial charge in [-0.3, -0.25) is 0 Å². The molecule has 0 amide bonds. The largest absolute Gasteiger partial charge is 0.390 e. The molecule has 0 spiro atoms. The van der Waals surface area contributed by atoms with Crippen molar-refractivity contribution in [2.24, 2.45) is 0 Å². The van der Waals surface area contributed by atoms with Crippen molar-refractivity contribution in [2.75, 3.05) is 13.2 Å². The van der Waals surface area contributed by atoms with Gasteiger partial charge in [0.15, 0.2) is 0 Å². The number of rotatable bonds is 2. The molecule has 1 aliphatic heterocycles. The van der Waals surface area contributed by atoms with E-state index in [-0.39, 0.29) is 13.2 Å². The van der Waals surface area contributed by atoms with E-state index in [0.29, 0.717) is 0 Å². The second kappa shape index (κ2) is 4.32. The van der Waals surface area contributed by atoms with Crippen LogP contribution in [0.15, 0.2) is 0 Å². The first-order chi connectivity index (χ1) is 6.11. The van der Waals surface area contributed by atoms with Crippen molar-refractivity contribution < 1.29 is 30.8 Å². The van der Waals surface area contributed by atoms with E-state index in [1.807, 2.05) is 0 Å². The maximum Gasteiger partial charge on any atom is 0.138 e. The quantitative estimate of drug-likeness (QED) is 0.264. The summed E-state index contributed by atoms with van der Waals surface area (Å²) in [5, 5.41) is 47.1. The van der Waals surface area contributed by atoms with Gasteiger partial charge in [-0.15, -0.1) is 0 Å². The number of piperidine rings is 1. The highest BCUT2D eigenvalue weighted by Gasteiger charge is 2.45. The molecule has 0 aliphatic carbocycles. The maximum absolute atomic E-state index is 9.34. The van der Waals surface area contributed by atoms with Crippen LogP contribution in [0.5, 0.6) is 0 Å². The summed E-state index contributed by atoms with van der Waals surface area (Å²) < 4.78 is 0. The van der Waals surface area contributed by atoms with Crippen LogP contribution in [0.1, 0.15) is 0 Å². The Morgan fingerprint density at radius 2 is 1.15 bits per heavy atom. The molecule has 13 heavy (non-hydrogen) atoms. The van der Waals surface area contributed by atoms with Crippen molar-refractivity contribution in [1.29, 1.82) is 0 Å². The first-order valence-corrected chi connectivity index (χ1v) is 4.22. The molecule has 0 aromatic heterocycles. The fourth-order valence-corrected chi connectivity index (χ4v) is 1.59. The first kappa shape index (κ1) is 10.8. The number of aliphatic hydroxyl groups is 5. The molecule has 6 heteroatoms. The second-order valence-electron chi connectivity index (χ2n) is 3.36. The molecule has 1 unspecified atom stereocenters. The first-order valence-electron chi connectivity index (χ1n) is 4.22. The van der Waals surface area contributed by atoms with Crippen molar-refractivity contribution in [1.82, 2.24) is 0 Å². The minimum Gasteiger partial charge on any atom is -0.390 e. The number of hydrogen-bond acceptors (Lipinski definition) is 5. The number of nitrogens with two attached hydrogens (primary N) is 1. The van der Waals surface area contributed by atoms with Crippen molar-refractivity contribution in [3.8, 4) is 0 Å². The second-order valence-corrected chi connectivity index (χ2v) is 3.36. The van der Waals surface area contributed by atoms with Crippen LogP contribution >= 0.6 is 0 Å². The minimum absolute atomic E-state index is 0.304. The summed E-state index contributed by atoms with van der Waals surface area (Å²) >= 11 is 0. The highest BCUT2D eigenvalue weighted by molar-refractivity contribution is 4.88. The standard InChI is InChI=1S/C7H15NO5/c9-1-3-5(11)7(13)6(12)4(2-10)8-3/h3-13H,1-2H2/p+1/t3-,4+,5-,6-,7?/m0/s1. The molecule has 0 aromatic carbocycles. The summed E-state index contributed by atoms with van der Waals surface area (Å²) in [5.74, 6) is 0. The van der Waals surface area contributed by atoms with Gasteiger partial charge in [0.2, 0.25) is 0 Å². The topological polar surface area (TPSA) is 118 Å². The Morgan fingerprint density at radius 1 is 0.769 bits per heavy atom. The molecule has 0 aromatic rings. The molecule has 5 atom stereocenters. The van der Waals surface area contributed by atoms with Crippen molar-refractivity contribution in [3.05, 3.63) is 0 Å². The third-order valence-electron chi connectivity index (χ3n) is 2.49. The van der Waals surface area contributed by atoms with Gasteiger partial charge < -0.3 is 30.8 Å². The summed E-state index contributed by atoms with van der Waals surface area (Å²) in [4.78, 5) is 0. The fraction of sp³-hybridized carbons (Fsp3) is 1.00. The molecule has 0 bridgehead atoms. The Bertz CT molecular complexity index is 147. The van der Waals surface area contributed by atoms with Gasteiger partial charge in [0, 0.05) is 0 Å². The third-order valence-corrected chi connectivity index (χ3v) is 2.49. The highest BCUT2D eigenvalue weighted by Crippen LogP contribution is 2.09. The van der Waals surface area contributed by atoms with E-state index >= 15 is 0 Å². The monoisotopic (exact) mass is 194 g/mol. The van der Waals surface area contributed by atoms with Gasteiger partial charge in [-0.2, -0.15) is 0 Å². The zero-order chi connectivity index (χ0) is 10.0. The lowest BCUT2D eigenvalue weighted by Gasteiger charge is -2.37. The summed E-state index contributed by atoms with van der Waals surface area (Å²) in [5.41, 5.74) is 0. The van der Waals surface area contributed by atoms with Gasteiger partial charge in [0.05, 0.1) is 13.2 Å². The predicted molar refractivity (Wildman–Crippen MR) is 41.7 cm³/mol. The lowest BCUT2D eigenvalue weighted by molar-refractivity contribution is -0.750. The molecular formula is C7H16NO5+. The smallest absolute Gasteiger partial charge is 0.138 e. The zero-order valence-electron chi connectivity index (χ0n) is 7.11. The summed E-state index contributed by atoms with van der Waals surface area (Å²) in [6.07, 6.45) is -3.63. The molecule has 1 saturated heterocycles. The molecule has 1 aliphatic rings. The predicted octanol–water partition coefficient (Wildman–Crippen LogP) is -4.63. The molecule has 0 saturated carbocycles. The molecule has 1 heterocycles. The summed E-state index contributed by atoms with van der Waals surface area (Å²) in [6, 6.07) is -1.17. The highest BCUT2D eigenvalue weighted by atomic mass is 16.4. The molecule has 7 N–H and O–H groups in total. The van der Waals surface area contributed by atoms with Crippen molar-refractivity contribution >= 4 is 0 Å². The van der Waals surface area contributed by atoms with Crippen LogP contribution in [0.25, 0.3) is 0 Å². The summed E-state index contributed by atoms with van der Waals surface area (Å²) in [6.45, 7) is -0.608. The van der Waals surface area contributed by atoms with Gasteiger partial charge in [0.1, 0.15) is 30.4 Å². The van der Waals surface area contributed by atoms with Gasteiger partial charge in [-0.1, -0.05) is 0 Å². The van der Waals surface area contributed by atoms with Crippen LogP contribution in [0.3, 0.4) is 0 Å². The van der Waals surface area contributed by atoms with Crippen LogP contribution < -0.4 is 5.32 Å². The molecule has 1 rings (SSSR count). The van der Waals surface area contributed by atoms with E-state index in [4.69, 9.17) is 10.2 Å². The van der Waals surface area contributed by atoms with Gasteiger partial charge in [-0.05, 0) is 0 Å². The Labute approximate surface area is 75.4 Å². The van der Waals surface area contributed by atoms with E-state index in [2.05, 4.69) is 0 Å². The van der Waals surface area contributed by atoms with Crippen LogP contribution in [0.4, 0.5) is 0 Å². The molecular weight excluding hydrogens is 178 g/mol. The SMILES string of the molecule is OC[C@@H]1[NH2+][C@H](CO)[C@H](O)C(O)[C@H]1O. The summed E-state index contributed by atoms with van der Waals surface area (Å²) in [7, 11) is 0. The molecule has 1 fully saturated rings. The number of aliphatic hydroxyl groups excluding tert-OH is 5. The Balaban J connectivity index is 2.66. The van der Waals surface area contributed by atoms with Crippen LogP contribution in [0.2, 0.25) is 0 Å². The lowest BCUT2D eigenvalue weighted by Crippen LogP contribution is -3.04. The van der Waals surface area contributed by atoms with Gasteiger partial charge in [0.25, 0.3) is 0 Å². The average molecular weight is 194 g/mol. The third kappa shape index (κ3) is 1.98. The molecule has 6 nitrogen and oxygen atoms in total. The zero-order valence-corrected chi connectivity index (χ0v) is 7.11. The Hall–Kier alpha value is -0.240. The van der Waals surface area contributed by atoms with Gasteiger partial charge >= 0.3 is 0 Å². The van der Waals surface area contributed by atoms with E-state index in [9.17, 15) is 15.3 Å². The van der Waals surface area contributed by atoms with Crippen molar-refractivity contribution in [2.45, 2.75) is 30.4 Å². The fourth-order valence-electron chi connectivity index (χ4n) is 1.59. The van der Waals surface area contributed by atoms with E-state index in [1.165, 1.54) is 5.32 Å². The van der Waals surface area contributed by atoms with Crippen molar-refractivity contribution in [3.63, 3.8) is 0 Å². The Kier molecular flexibility index (Phi) is 3.60. The molecule has 0 radical (unpaired) electrons. The average Bonchev–Trinajstić information content (AvgIpc) is 2.15. The Morgan fingerprint density at radius 3 is 1.46 bits per heavy atom.